The number of hydrogen-bond donors (Lipinski definition) is 2. The van der Waals surface area contributed by atoms with Crippen molar-refractivity contribution in [1.82, 2.24) is 15.2 Å². The van der Waals surface area contributed by atoms with Crippen LogP contribution in [0.2, 0.25) is 0 Å². The molecule has 1 aliphatic heterocycles. The standard InChI is InChI=1S/C27H34FN3O4/c1-27(2,3)35-26(34)31-13-12-20-18(14-17-8-10-19(28)11-9-17)15-22(29-23(20)16-31)25(33)30-21-6-4-5-7-24(21)32/h8-11,15,21,24,32H,4-7,12-14,16H2,1-3H3,(H,30,33). The van der Waals surface area contributed by atoms with E-state index in [-0.39, 0.29) is 30.0 Å². The van der Waals surface area contributed by atoms with E-state index in [2.05, 4.69) is 10.3 Å². The van der Waals surface area contributed by atoms with Crippen LogP contribution in [-0.2, 0) is 24.1 Å². The Bertz CT molecular complexity index is 1080. The minimum atomic E-state index is -0.610. The van der Waals surface area contributed by atoms with Gasteiger partial charge in [-0.25, -0.2) is 14.2 Å². The molecule has 2 aromatic rings. The Morgan fingerprint density at radius 3 is 2.60 bits per heavy atom. The molecular weight excluding hydrogens is 449 g/mol. The number of aliphatic hydroxyl groups is 1. The first-order valence-electron chi connectivity index (χ1n) is 12.3. The number of nitrogens with zero attached hydrogens (tertiary/aromatic N) is 2. The normalized spacial score (nSPS) is 20.2. The fourth-order valence-corrected chi connectivity index (χ4v) is 4.73. The lowest BCUT2D eigenvalue weighted by Gasteiger charge is -2.32. The second-order valence-corrected chi connectivity index (χ2v) is 10.5. The highest BCUT2D eigenvalue weighted by Gasteiger charge is 2.30. The van der Waals surface area contributed by atoms with Crippen LogP contribution >= 0.6 is 0 Å². The smallest absolute Gasteiger partial charge is 0.410 e. The number of carbonyl (C=O) groups is 2. The summed E-state index contributed by atoms with van der Waals surface area (Å²) in [4.78, 5) is 32.1. The number of halogens is 1. The quantitative estimate of drug-likeness (QED) is 0.682. The average Bonchev–Trinajstić information content (AvgIpc) is 2.80. The van der Waals surface area contributed by atoms with Crippen LogP contribution < -0.4 is 5.32 Å². The highest BCUT2D eigenvalue weighted by atomic mass is 19.1. The van der Waals surface area contributed by atoms with Crippen molar-refractivity contribution in [2.24, 2.45) is 0 Å². The molecule has 0 saturated heterocycles. The van der Waals surface area contributed by atoms with Crippen LogP contribution in [0.3, 0.4) is 0 Å². The van der Waals surface area contributed by atoms with Gasteiger partial charge >= 0.3 is 6.09 Å². The molecule has 188 valence electrons. The largest absolute Gasteiger partial charge is 0.444 e. The van der Waals surface area contributed by atoms with E-state index in [1.807, 2.05) is 20.8 Å². The van der Waals surface area contributed by atoms with E-state index in [1.54, 1.807) is 23.1 Å². The van der Waals surface area contributed by atoms with Crippen molar-refractivity contribution >= 4 is 12.0 Å². The number of amides is 2. The van der Waals surface area contributed by atoms with E-state index in [1.165, 1.54) is 12.1 Å². The first kappa shape index (κ1) is 25.1. The Morgan fingerprint density at radius 2 is 1.91 bits per heavy atom. The number of pyridine rings is 1. The van der Waals surface area contributed by atoms with Crippen molar-refractivity contribution in [3.8, 4) is 0 Å². The van der Waals surface area contributed by atoms with Crippen LogP contribution in [0.5, 0.6) is 0 Å². The summed E-state index contributed by atoms with van der Waals surface area (Å²) in [5, 5.41) is 13.2. The minimum Gasteiger partial charge on any atom is -0.444 e. The summed E-state index contributed by atoms with van der Waals surface area (Å²) in [6.45, 7) is 6.20. The molecule has 0 radical (unpaired) electrons. The van der Waals surface area contributed by atoms with Crippen LogP contribution in [-0.4, -0.2) is 51.3 Å². The summed E-state index contributed by atoms with van der Waals surface area (Å²) < 4.78 is 19.0. The van der Waals surface area contributed by atoms with Gasteiger partial charge in [0.15, 0.2) is 0 Å². The number of carbonyl (C=O) groups excluding carboxylic acids is 2. The lowest BCUT2D eigenvalue weighted by atomic mass is 9.92. The second-order valence-electron chi connectivity index (χ2n) is 10.5. The summed E-state index contributed by atoms with van der Waals surface area (Å²) in [5.41, 5.74) is 3.16. The SMILES string of the molecule is CC(C)(C)OC(=O)N1CCc2c(Cc3ccc(F)cc3)cc(C(=O)NC3CCCCC3O)nc2C1. The number of aliphatic hydroxyl groups excluding tert-OH is 1. The van der Waals surface area contributed by atoms with E-state index in [9.17, 15) is 19.1 Å². The molecule has 1 aromatic carbocycles. The van der Waals surface area contributed by atoms with E-state index in [0.29, 0.717) is 31.5 Å². The molecule has 2 heterocycles. The molecule has 2 aliphatic rings. The summed E-state index contributed by atoms with van der Waals surface area (Å²) in [6.07, 6.45) is 3.44. The summed E-state index contributed by atoms with van der Waals surface area (Å²) in [6, 6.07) is 7.80. The number of aromatic nitrogens is 1. The number of ether oxygens (including phenoxy) is 1. The maximum absolute atomic E-state index is 13.4. The van der Waals surface area contributed by atoms with Crippen molar-refractivity contribution in [3.63, 3.8) is 0 Å². The molecule has 2 amide bonds. The second kappa shape index (κ2) is 10.3. The monoisotopic (exact) mass is 483 g/mol. The zero-order valence-corrected chi connectivity index (χ0v) is 20.6. The average molecular weight is 484 g/mol. The molecule has 1 aliphatic carbocycles. The molecule has 0 spiro atoms. The Morgan fingerprint density at radius 1 is 1.20 bits per heavy atom. The number of benzene rings is 1. The highest BCUT2D eigenvalue weighted by Crippen LogP contribution is 2.26. The number of rotatable bonds is 4. The molecule has 7 nitrogen and oxygen atoms in total. The predicted molar refractivity (Wildman–Crippen MR) is 130 cm³/mol. The van der Waals surface area contributed by atoms with Gasteiger partial charge in [0, 0.05) is 6.54 Å². The van der Waals surface area contributed by atoms with Gasteiger partial charge in [-0.05, 0) is 81.3 Å². The van der Waals surface area contributed by atoms with Crippen LogP contribution in [0.1, 0.15) is 79.3 Å². The molecule has 2 N–H and O–H groups in total. The molecule has 1 saturated carbocycles. The Balaban J connectivity index is 1.62. The third kappa shape index (κ3) is 6.36. The van der Waals surface area contributed by atoms with Gasteiger partial charge in [0.2, 0.25) is 0 Å². The molecule has 1 aromatic heterocycles. The molecule has 4 rings (SSSR count). The van der Waals surface area contributed by atoms with Crippen molar-refractivity contribution in [2.45, 2.75) is 83.6 Å². The van der Waals surface area contributed by atoms with Crippen molar-refractivity contribution < 1.29 is 23.8 Å². The van der Waals surface area contributed by atoms with Crippen molar-refractivity contribution in [3.05, 3.63) is 64.2 Å². The van der Waals surface area contributed by atoms with Gasteiger partial charge in [0.25, 0.3) is 5.91 Å². The lowest BCUT2D eigenvalue weighted by molar-refractivity contribution is 0.0220. The number of nitrogens with one attached hydrogen (secondary N) is 1. The number of hydrogen-bond acceptors (Lipinski definition) is 5. The highest BCUT2D eigenvalue weighted by molar-refractivity contribution is 5.93. The molecule has 2 unspecified atom stereocenters. The van der Waals surface area contributed by atoms with Crippen LogP contribution in [0.25, 0.3) is 0 Å². The molecule has 8 heteroatoms. The maximum Gasteiger partial charge on any atom is 0.410 e. The molecule has 1 fully saturated rings. The van der Waals surface area contributed by atoms with Crippen molar-refractivity contribution in [2.75, 3.05) is 6.54 Å². The zero-order chi connectivity index (χ0) is 25.2. The van der Waals surface area contributed by atoms with E-state index >= 15 is 0 Å². The summed E-state index contributed by atoms with van der Waals surface area (Å²) in [7, 11) is 0. The lowest BCUT2D eigenvalue weighted by Crippen LogP contribution is -2.45. The Kier molecular flexibility index (Phi) is 7.40. The van der Waals surface area contributed by atoms with Gasteiger partial charge in [-0.1, -0.05) is 25.0 Å². The van der Waals surface area contributed by atoms with E-state index < -0.39 is 17.8 Å². The van der Waals surface area contributed by atoms with E-state index in [0.717, 1.165) is 36.0 Å². The molecule has 2 atom stereocenters. The number of fused-ring (bicyclic) bond motifs is 1. The predicted octanol–water partition coefficient (Wildman–Crippen LogP) is 4.14. The van der Waals surface area contributed by atoms with E-state index in [4.69, 9.17) is 4.74 Å². The minimum absolute atomic E-state index is 0.244. The molecule has 35 heavy (non-hydrogen) atoms. The van der Waals surface area contributed by atoms with Gasteiger partial charge in [-0.3, -0.25) is 4.79 Å². The van der Waals surface area contributed by atoms with Gasteiger partial charge in [0.1, 0.15) is 17.1 Å². The van der Waals surface area contributed by atoms with Crippen molar-refractivity contribution in [1.29, 1.82) is 0 Å². The fourth-order valence-electron chi connectivity index (χ4n) is 4.73. The van der Waals surface area contributed by atoms with Crippen LogP contribution in [0, 0.1) is 5.82 Å². The van der Waals surface area contributed by atoms with Gasteiger partial charge < -0.3 is 20.1 Å². The molecule has 0 bridgehead atoms. The molecular formula is C27H34FN3O4. The summed E-state index contributed by atoms with van der Waals surface area (Å²) >= 11 is 0. The zero-order valence-electron chi connectivity index (χ0n) is 20.6. The van der Waals surface area contributed by atoms with Crippen LogP contribution in [0.4, 0.5) is 9.18 Å². The van der Waals surface area contributed by atoms with Crippen LogP contribution in [0.15, 0.2) is 30.3 Å². The Hall–Kier alpha value is -3.00. The maximum atomic E-state index is 13.4. The van der Waals surface area contributed by atoms with Gasteiger partial charge in [-0.15, -0.1) is 0 Å². The topological polar surface area (TPSA) is 91.8 Å². The third-order valence-electron chi connectivity index (χ3n) is 6.51. The van der Waals surface area contributed by atoms with Gasteiger partial charge in [0.05, 0.1) is 24.4 Å². The first-order valence-corrected chi connectivity index (χ1v) is 12.3. The third-order valence-corrected chi connectivity index (χ3v) is 6.51. The Labute approximate surface area is 205 Å². The van der Waals surface area contributed by atoms with Gasteiger partial charge in [-0.2, -0.15) is 0 Å². The summed E-state index contributed by atoms with van der Waals surface area (Å²) in [5.74, 6) is -0.641. The first-order chi connectivity index (χ1) is 16.6. The fraction of sp³-hybridized carbons (Fsp3) is 0.519.